The molecule has 0 aliphatic rings. The number of hydrogen-bond donors (Lipinski definition) is 0. The molecule has 0 bridgehead atoms. The molecule has 4 heteroatoms. The van der Waals surface area contributed by atoms with Crippen molar-refractivity contribution in [1.82, 2.24) is 0 Å². The quantitative estimate of drug-likeness (QED) is 0.615. The van der Waals surface area contributed by atoms with Crippen LogP contribution in [-0.2, 0) is 0 Å². The van der Waals surface area contributed by atoms with Gasteiger partial charge in [0.2, 0.25) is 5.78 Å². The number of benzene rings is 3. The fraction of sp³-hybridized carbons (Fsp3) is 0.105. The molecule has 0 aliphatic carbocycles. The first-order valence-corrected chi connectivity index (χ1v) is 7.89. The van der Waals surface area contributed by atoms with Crippen LogP contribution in [0.5, 0.6) is 11.5 Å². The Morgan fingerprint density at radius 3 is 2.13 bits per heavy atom. The number of fused-ring (bicyclic) bond motifs is 1. The number of halogens is 1. The zero-order valence-corrected chi connectivity index (χ0v) is 14.4. The summed E-state index contributed by atoms with van der Waals surface area (Å²) in [6.45, 7) is 0. The second-order valence-corrected chi connectivity index (χ2v) is 5.86. The van der Waals surface area contributed by atoms with Crippen molar-refractivity contribution in [3.8, 4) is 11.5 Å². The summed E-state index contributed by atoms with van der Waals surface area (Å²) in [5, 5.41) is 1.90. The van der Waals surface area contributed by atoms with Crippen molar-refractivity contribution in [2.24, 2.45) is 0 Å². The molecular weight excluding hydrogens is 356 g/mol. The summed E-state index contributed by atoms with van der Waals surface area (Å²) in [4.78, 5) is 13.3. The number of carbonyl (C=O) groups is 1. The van der Waals surface area contributed by atoms with Gasteiger partial charge in [-0.3, -0.25) is 4.79 Å². The summed E-state index contributed by atoms with van der Waals surface area (Å²) in [6.07, 6.45) is 0. The van der Waals surface area contributed by atoms with Crippen LogP contribution in [0.1, 0.15) is 15.9 Å². The van der Waals surface area contributed by atoms with Gasteiger partial charge in [0.1, 0.15) is 17.1 Å². The van der Waals surface area contributed by atoms with Crippen LogP contribution in [0.4, 0.5) is 0 Å². The third-order valence-corrected chi connectivity index (χ3v) is 4.42. The van der Waals surface area contributed by atoms with E-state index in [9.17, 15) is 4.79 Å². The molecule has 0 atom stereocenters. The lowest BCUT2D eigenvalue weighted by molar-refractivity contribution is 0.103. The number of ketones is 1. The van der Waals surface area contributed by atoms with E-state index < -0.39 is 0 Å². The van der Waals surface area contributed by atoms with Crippen molar-refractivity contribution in [2.75, 3.05) is 14.2 Å². The minimum atomic E-state index is -0.136. The SMILES string of the molecule is COc1cccc(OC)c1C(=O)c1c(Br)ccc2ccccc12. The van der Waals surface area contributed by atoms with Gasteiger partial charge < -0.3 is 9.47 Å². The molecule has 23 heavy (non-hydrogen) atoms. The molecule has 0 amide bonds. The van der Waals surface area contributed by atoms with Crippen LogP contribution < -0.4 is 9.47 Å². The van der Waals surface area contributed by atoms with E-state index in [1.165, 1.54) is 0 Å². The van der Waals surface area contributed by atoms with Gasteiger partial charge in [-0.15, -0.1) is 0 Å². The van der Waals surface area contributed by atoms with E-state index >= 15 is 0 Å². The Labute approximate surface area is 143 Å². The summed E-state index contributed by atoms with van der Waals surface area (Å²) < 4.78 is 11.5. The highest BCUT2D eigenvalue weighted by Gasteiger charge is 2.23. The molecule has 116 valence electrons. The molecule has 0 spiro atoms. The van der Waals surface area contributed by atoms with Crippen LogP contribution in [-0.4, -0.2) is 20.0 Å². The van der Waals surface area contributed by atoms with Crippen molar-refractivity contribution in [3.05, 3.63) is 70.2 Å². The van der Waals surface area contributed by atoms with E-state index in [4.69, 9.17) is 9.47 Å². The first-order chi connectivity index (χ1) is 11.2. The van der Waals surface area contributed by atoms with Crippen LogP contribution in [0, 0.1) is 0 Å². The summed E-state index contributed by atoms with van der Waals surface area (Å²) in [7, 11) is 3.09. The summed E-state index contributed by atoms with van der Waals surface area (Å²) in [6, 6.07) is 17.0. The van der Waals surface area contributed by atoms with Gasteiger partial charge in [-0.05, 0) is 29.0 Å². The number of methoxy groups -OCH3 is 2. The van der Waals surface area contributed by atoms with E-state index in [-0.39, 0.29) is 5.78 Å². The maximum absolute atomic E-state index is 13.3. The average Bonchev–Trinajstić information content (AvgIpc) is 2.60. The molecule has 3 aromatic rings. The van der Waals surface area contributed by atoms with E-state index in [0.717, 1.165) is 15.2 Å². The Morgan fingerprint density at radius 2 is 1.48 bits per heavy atom. The standard InChI is InChI=1S/C19H15BrO3/c1-22-15-8-5-9-16(23-2)18(15)19(21)17-13-7-4-3-6-12(13)10-11-14(17)20/h3-11H,1-2H3. The average molecular weight is 371 g/mol. The van der Waals surface area contributed by atoms with Crippen molar-refractivity contribution >= 4 is 32.5 Å². The van der Waals surface area contributed by atoms with Crippen molar-refractivity contribution in [3.63, 3.8) is 0 Å². The predicted molar refractivity (Wildman–Crippen MR) is 94.6 cm³/mol. The van der Waals surface area contributed by atoms with Gasteiger partial charge in [-0.1, -0.05) is 52.3 Å². The van der Waals surface area contributed by atoms with E-state index in [1.54, 1.807) is 32.4 Å². The predicted octanol–water partition coefficient (Wildman–Crippen LogP) is 4.85. The second kappa shape index (κ2) is 6.42. The smallest absolute Gasteiger partial charge is 0.202 e. The van der Waals surface area contributed by atoms with Gasteiger partial charge in [-0.25, -0.2) is 0 Å². The van der Waals surface area contributed by atoms with Gasteiger partial charge in [0, 0.05) is 10.0 Å². The van der Waals surface area contributed by atoms with Gasteiger partial charge in [-0.2, -0.15) is 0 Å². The molecule has 0 saturated carbocycles. The monoisotopic (exact) mass is 370 g/mol. The zero-order valence-electron chi connectivity index (χ0n) is 12.8. The minimum absolute atomic E-state index is 0.136. The third-order valence-electron chi connectivity index (χ3n) is 3.76. The lowest BCUT2D eigenvalue weighted by atomic mass is 9.96. The molecule has 0 heterocycles. The van der Waals surface area contributed by atoms with E-state index in [0.29, 0.717) is 22.6 Å². The summed E-state index contributed by atoms with van der Waals surface area (Å²) in [5.41, 5.74) is 1.03. The Balaban J connectivity index is 2.29. The molecule has 3 rings (SSSR count). The Bertz CT molecular complexity index is 865. The lowest BCUT2D eigenvalue weighted by Crippen LogP contribution is -2.08. The molecule has 0 radical (unpaired) electrons. The van der Waals surface area contributed by atoms with Gasteiger partial charge in [0.25, 0.3) is 0 Å². The second-order valence-electron chi connectivity index (χ2n) is 5.01. The first-order valence-electron chi connectivity index (χ1n) is 7.10. The number of carbonyl (C=O) groups excluding carboxylic acids is 1. The maximum Gasteiger partial charge on any atom is 0.202 e. The highest BCUT2D eigenvalue weighted by atomic mass is 79.9. The van der Waals surface area contributed by atoms with Crippen LogP contribution in [0.2, 0.25) is 0 Å². The van der Waals surface area contributed by atoms with Gasteiger partial charge in [0.15, 0.2) is 0 Å². The minimum Gasteiger partial charge on any atom is -0.496 e. The zero-order chi connectivity index (χ0) is 16.4. The molecular formula is C19H15BrO3. The molecule has 0 fully saturated rings. The van der Waals surface area contributed by atoms with Crippen LogP contribution in [0.25, 0.3) is 10.8 Å². The molecule has 0 aromatic heterocycles. The van der Waals surface area contributed by atoms with E-state index in [2.05, 4.69) is 15.9 Å². The van der Waals surface area contributed by atoms with Gasteiger partial charge in [0.05, 0.1) is 14.2 Å². The normalized spacial score (nSPS) is 10.6. The fourth-order valence-electron chi connectivity index (χ4n) is 2.68. The Kier molecular flexibility index (Phi) is 4.35. The van der Waals surface area contributed by atoms with Gasteiger partial charge >= 0.3 is 0 Å². The fourth-order valence-corrected chi connectivity index (χ4v) is 3.20. The number of hydrogen-bond acceptors (Lipinski definition) is 3. The molecule has 3 aromatic carbocycles. The number of rotatable bonds is 4. The van der Waals surface area contributed by atoms with E-state index in [1.807, 2.05) is 36.4 Å². The summed E-state index contributed by atoms with van der Waals surface area (Å²) >= 11 is 3.51. The molecule has 0 aliphatic heterocycles. The largest absolute Gasteiger partial charge is 0.496 e. The number of ether oxygens (including phenoxy) is 2. The first kappa shape index (κ1) is 15.6. The molecule has 0 saturated heterocycles. The van der Waals surface area contributed by atoms with Crippen LogP contribution in [0.3, 0.4) is 0 Å². The topological polar surface area (TPSA) is 35.5 Å². The Morgan fingerprint density at radius 1 is 0.826 bits per heavy atom. The maximum atomic E-state index is 13.3. The molecule has 0 N–H and O–H groups in total. The third kappa shape index (κ3) is 2.70. The lowest BCUT2D eigenvalue weighted by Gasteiger charge is -2.14. The van der Waals surface area contributed by atoms with Crippen LogP contribution in [0.15, 0.2) is 59.1 Å². The molecule has 0 unspecified atom stereocenters. The van der Waals surface area contributed by atoms with Crippen LogP contribution >= 0.6 is 15.9 Å². The van der Waals surface area contributed by atoms with Crippen molar-refractivity contribution in [1.29, 1.82) is 0 Å². The molecule has 3 nitrogen and oxygen atoms in total. The Hall–Kier alpha value is -2.33. The highest BCUT2D eigenvalue weighted by Crippen LogP contribution is 2.35. The van der Waals surface area contributed by atoms with Crippen molar-refractivity contribution < 1.29 is 14.3 Å². The van der Waals surface area contributed by atoms with Crippen molar-refractivity contribution in [2.45, 2.75) is 0 Å². The summed E-state index contributed by atoms with van der Waals surface area (Å²) in [5.74, 6) is 0.853. The highest BCUT2D eigenvalue weighted by molar-refractivity contribution is 9.10.